The first kappa shape index (κ1) is 26.7. The summed E-state index contributed by atoms with van der Waals surface area (Å²) in [5, 5.41) is 1.52. The lowest BCUT2D eigenvalue weighted by Crippen LogP contribution is -2.52. The smallest absolute Gasteiger partial charge is 0.122 e. The molecule has 0 amide bonds. The highest BCUT2D eigenvalue weighted by Crippen LogP contribution is 2.50. The van der Waals surface area contributed by atoms with Gasteiger partial charge in [0.2, 0.25) is 0 Å². The predicted octanol–water partition coefficient (Wildman–Crippen LogP) is 8.60. The molecule has 0 fully saturated rings. The van der Waals surface area contributed by atoms with Gasteiger partial charge < -0.3 is 4.74 Å². The molecule has 0 aliphatic heterocycles. The monoisotopic (exact) mass is 452 g/mol. The maximum atomic E-state index is 6.59. The second-order valence-electron chi connectivity index (χ2n) is 11.9. The van der Waals surface area contributed by atoms with Gasteiger partial charge in [0.15, 0.2) is 0 Å². The van der Waals surface area contributed by atoms with E-state index in [-0.39, 0.29) is 10.8 Å². The van der Waals surface area contributed by atoms with Gasteiger partial charge in [0.05, 0.1) is 0 Å². The maximum absolute atomic E-state index is 6.59. The summed E-state index contributed by atoms with van der Waals surface area (Å²) in [5.41, 5.74) is 9.59. The number of hydrogen-bond donors (Lipinski definition) is 0. The van der Waals surface area contributed by atoms with Crippen LogP contribution in [0, 0.1) is 0 Å². The zero-order chi connectivity index (χ0) is 24.6. The largest absolute Gasteiger partial charge is 0.489 e. The third-order valence-corrected chi connectivity index (χ3v) is 14.0. The molecule has 1 aromatic carbocycles. The molecule has 0 spiro atoms. The van der Waals surface area contributed by atoms with Crippen molar-refractivity contribution >= 4 is 13.3 Å². The van der Waals surface area contributed by atoms with Crippen LogP contribution in [0.5, 0.6) is 5.75 Å². The Labute approximate surface area is 200 Å². The molecule has 178 valence electrons. The van der Waals surface area contributed by atoms with E-state index >= 15 is 0 Å². The normalized spacial score (nSPS) is 16.2. The van der Waals surface area contributed by atoms with Crippen LogP contribution in [0.3, 0.4) is 0 Å². The number of benzene rings is 1. The number of hydrogen-bond acceptors (Lipinski definition) is 1. The average molecular weight is 453 g/mol. The average Bonchev–Trinajstić information content (AvgIpc) is 2.90. The van der Waals surface area contributed by atoms with Crippen molar-refractivity contribution in [3.63, 3.8) is 0 Å². The fourth-order valence-corrected chi connectivity index (χ4v) is 11.2. The van der Waals surface area contributed by atoms with Crippen LogP contribution in [0.2, 0.25) is 17.6 Å². The minimum absolute atomic E-state index is 0.00537. The minimum Gasteiger partial charge on any atom is -0.489 e. The Hall–Kier alpha value is -1.54. The molecule has 0 unspecified atom stereocenters. The minimum atomic E-state index is -1.99. The van der Waals surface area contributed by atoms with Crippen LogP contribution >= 0.6 is 0 Å². The fraction of sp³-hybridized carbons (Fsp3) is 0.600. The molecule has 1 aliphatic carbocycles. The first-order valence-corrected chi connectivity index (χ1v) is 14.9. The summed E-state index contributed by atoms with van der Waals surface area (Å²) < 4.78 is 6.59. The Morgan fingerprint density at radius 2 is 1.38 bits per heavy atom. The van der Waals surface area contributed by atoms with Crippen LogP contribution in [0.15, 0.2) is 47.1 Å². The third kappa shape index (κ3) is 4.58. The molecule has 0 atom stereocenters. The van der Waals surface area contributed by atoms with Gasteiger partial charge in [-0.25, -0.2) is 0 Å². The summed E-state index contributed by atoms with van der Waals surface area (Å²) in [7, 11) is -1.99. The van der Waals surface area contributed by atoms with Crippen LogP contribution in [0.25, 0.3) is 0 Å². The topological polar surface area (TPSA) is 9.23 Å². The van der Waals surface area contributed by atoms with E-state index in [0.29, 0.717) is 12.1 Å². The van der Waals surface area contributed by atoms with Crippen molar-refractivity contribution in [3.8, 4) is 5.75 Å². The standard InChI is InChI=1S/C30H48OSi/c1-14-17-31-27-25(30(11,12)13)18-24(29(8,9)10)19-26(27)32(15-2,16-3)28-22(6)20(4)21(5)23(28)7/h14,18-19,28H,1,15-17H2,2-13H3. The van der Waals surface area contributed by atoms with E-state index in [9.17, 15) is 0 Å². The Morgan fingerprint density at radius 1 is 0.875 bits per heavy atom. The molecule has 1 aromatic rings. The van der Waals surface area contributed by atoms with Gasteiger partial charge in [0.1, 0.15) is 20.4 Å². The first-order valence-electron chi connectivity index (χ1n) is 12.5. The summed E-state index contributed by atoms with van der Waals surface area (Å²) in [5.74, 6) is 1.14. The number of rotatable bonds is 7. The lowest BCUT2D eigenvalue weighted by Gasteiger charge is -2.41. The fourth-order valence-electron chi connectivity index (χ4n) is 5.66. The lowest BCUT2D eigenvalue weighted by atomic mass is 9.80. The molecule has 0 bridgehead atoms. The van der Waals surface area contributed by atoms with Crippen LogP contribution in [0.4, 0.5) is 0 Å². The maximum Gasteiger partial charge on any atom is 0.122 e. The Balaban J connectivity index is 3.03. The van der Waals surface area contributed by atoms with Gasteiger partial charge >= 0.3 is 0 Å². The van der Waals surface area contributed by atoms with Gasteiger partial charge in [-0.15, -0.1) is 0 Å². The quantitative estimate of drug-likeness (QED) is 0.297. The van der Waals surface area contributed by atoms with Gasteiger partial charge in [-0.05, 0) is 66.0 Å². The van der Waals surface area contributed by atoms with E-state index in [1.54, 1.807) is 11.1 Å². The van der Waals surface area contributed by atoms with Crippen molar-refractivity contribution in [2.24, 2.45) is 0 Å². The Morgan fingerprint density at radius 3 is 1.75 bits per heavy atom. The van der Waals surface area contributed by atoms with Crippen LogP contribution < -0.4 is 9.92 Å². The van der Waals surface area contributed by atoms with Crippen molar-refractivity contribution in [1.82, 2.24) is 0 Å². The van der Waals surface area contributed by atoms with Gasteiger partial charge in [-0.2, -0.15) is 0 Å². The van der Waals surface area contributed by atoms with Gasteiger partial charge in [0, 0.05) is 5.54 Å². The zero-order valence-electron chi connectivity index (χ0n) is 23.0. The Kier molecular flexibility index (Phi) is 7.82. The molecule has 0 N–H and O–H groups in total. The third-order valence-electron chi connectivity index (χ3n) is 8.07. The molecule has 1 nitrogen and oxygen atoms in total. The summed E-state index contributed by atoms with van der Waals surface area (Å²) >= 11 is 0. The Bertz CT molecular complexity index is 903. The molecule has 0 radical (unpaired) electrons. The summed E-state index contributed by atoms with van der Waals surface area (Å²) in [4.78, 5) is 0. The SMILES string of the molecule is C=CCOc1c(C(C)(C)C)cc(C(C)(C)C)cc1[Si](CC)(CC)C1C(C)=C(C)C(C)=C1C. The van der Waals surface area contributed by atoms with Crippen molar-refractivity contribution in [1.29, 1.82) is 0 Å². The zero-order valence-corrected chi connectivity index (χ0v) is 24.0. The molecule has 1 aliphatic rings. The van der Waals surface area contributed by atoms with Gasteiger partial charge in [-0.1, -0.05) is 103 Å². The van der Waals surface area contributed by atoms with Gasteiger partial charge in [-0.3, -0.25) is 0 Å². The van der Waals surface area contributed by atoms with E-state index in [0.717, 1.165) is 5.75 Å². The molecule has 0 saturated carbocycles. The van der Waals surface area contributed by atoms with E-state index in [2.05, 4.69) is 102 Å². The summed E-state index contributed by atoms with van der Waals surface area (Å²) in [6.45, 7) is 32.7. The van der Waals surface area contributed by atoms with Crippen LogP contribution in [-0.4, -0.2) is 14.7 Å². The van der Waals surface area contributed by atoms with E-state index in [1.807, 2.05) is 6.08 Å². The molecule has 0 saturated heterocycles. The van der Waals surface area contributed by atoms with E-state index < -0.39 is 8.07 Å². The van der Waals surface area contributed by atoms with Crippen molar-refractivity contribution in [3.05, 3.63) is 58.2 Å². The second kappa shape index (κ2) is 9.37. The number of allylic oxidation sites excluding steroid dienone is 4. The van der Waals surface area contributed by atoms with Crippen molar-refractivity contribution in [2.75, 3.05) is 6.61 Å². The van der Waals surface area contributed by atoms with Crippen molar-refractivity contribution in [2.45, 2.75) is 112 Å². The van der Waals surface area contributed by atoms with E-state index in [4.69, 9.17) is 4.74 Å². The number of ether oxygens (including phenoxy) is 1. The van der Waals surface area contributed by atoms with Crippen molar-refractivity contribution < 1.29 is 4.74 Å². The second-order valence-corrected chi connectivity index (χ2v) is 16.8. The summed E-state index contributed by atoms with van der Waals surface area (Å²) in [6.07, 6.45) is 1.88. The van der Waals surface area contributed by atoms with Gasteiger partial charge in [0.25, 0.3) is 0 Å². The predicted molar refractivity (Wildman–Crippen MR) is 146 cm³/mol. The van der Waals surface area contributed by atoms with E-state index in [1.165, 1.54) is 39.5 Å². The molecule has 2 rings (SSSR count). The molecule has 0 heterocycles. The highest BCUT2D eigenvalue weighted by Gasteiger charge is 2.47. The lowest BCUT2D eigenvalue weighted by molar-refractivity contribution is 0.353. The highest BCUT2D eigenvalue weighted by atomic mass is 28.3. The molecular weight excluding hydrogens is 404 g/mol. The molecule has 32 heavy (non-hydrogen) atoms. The van der Waals surface area contributed by atoms with Crippen LogP contribution in [0.1, 0.15) is 94.2 Å². The molecular formula is C30H48OSi. The molecule has 2 heteroatoms. The highest BCUT2D eigenvalue weighted by molar-refractivity contribution is 6.94. The first-order chi connectivity index (χ1) is 14.7. The summed E-state index contributed by atoms with van der Waals surface area (Å²) in [6, 6.07) is 7.38. The molecule has 0 aromatic heterocycles. The van der Waals surface area contributed by atoms with Crippen LogP contribution in [-0.2, 0) is 10.8 Å².